The Balaban J connectivity index is 1.69. The lowest BCUT2D eigenvalue weighted by atomic mass is 10.2. The van der Waals surface area contributed by atoms with Gasteiger partial charge in [-0.25, -0.2) is 4.98 Å². The quantitative estimate of drug-likeness (QED) is 0.684. The largest absolute Gasteiger partial charge is 0.388 e. The Morgan fingerprint density at radius 1 is 1.41 bits per heavy atom. The molecule has 2 atom stereocenters. The standard InChI is InChI=1S/C15H22N4O3/c1-10-13(19-6-4-16-5-7-19)3-2-11(17-10)15(21)18-12-8-22-9-14(12)20/h2-3,12,14,16,20H,4-9H2,1H3,(H,18,21)/t12-,14-/m0/s1. The van der Waals surface area contributed by atoms with Gasteiger partial charge < -0.3 is 25.4 Å². The van der Waals surface area contributed by atoms with E-state index in [9.17, 15) is 9.90 Å². The van der Waals surface area contributed by atoms with Crippen molar-refractivity contribution in [3.63, 3.8) is 0 Å². The molecular formula is C15H22N4O3. The molecule has 2 fully saturated rings. The molecule has 1 aromatic heterocycles. The summed E-state index contributed by atoms with van der Waals surface area (Å²) in [4.78, 5) is 18.9. The van der Waals surface area contributed by atoms with E-state index in [0.29, 0.717) is 12.3 Å². The van der Waals surface area contributed by atoms with Crippen LogP contribution < -0.4 is 15.5 Å². The van der Waals surface area contributed by atoms with Crippen LogP contribution in [0, 0.1) is 6.92 Å². The van der Waals surface area contributed by atoms with Gasteiger partial charge in [0.25, 0.3) is 5.91 Å². The van der Waals surface area contributed by atoms with Crippen LogP contribution in [0.2, 0.25) is 0 Å². The second-order valence-corrected chi connectivity index (χ2v) is 5.72. The number of pyridine rings is 1. The number of carbonyl (C=O) groups is 1. The lowest BCUT2D eigenvalue weighted by molar-refractivity contribution is 0.0881. The Bertz CT molecular complexity index is 546. The number of amides is 1. The Labute approximate surface area is 129 Å². The van der Waals surface area contributed by atoms with Crippen molar-refractivity contribution in [2.75, 3.05) is 44.3 Å². The van der Waals surface area contributed by atoms with Crippen LogP contribution in [-0.2, 0) is 4.74 Å². The number of aryl methyl sites for hydroxylation is 1. The van der Waals surface area contributed by atoms with Crippen molar-refractivity contribution < 1.29 is 14.6 Å². The second kappa shape index (κ2) is 6.60. The molecule has 0 aliphatic carbocycles. The summed E-state index contributed by atoms with van der Waals surface area (Å²) >= 11 is 0. The van der Waals surface area contributed by atoms with Gasteiger partial charge in [-0.3, -0.25) is 4.79 Å². The van der Waals surface area contributed by atoms with E-state index >= 15 is 0 Å². The lowest BCUT2D eigenvalue weighted by Gasteiger charge is -2.30. The molecule has 7 nitrogen and oxygen atoms in total. The first-order valence-corrected chi connectivity index (χ1v) is 7.65. The van der Waals surface area contributed by atoms with E-state index in [1.807, 2.05) is 13.0 Å². The number of nitrogens with one attached hydrogen (secondary N) is 2. The van der Waals surface area contributed by atoms with Gasteiger partial charge in [0.2, 0.25) is 0 Å². The minimum Gasteiger partial charge on any atom is -0.388 e. The van der Waals surface area contributed by atoms with Crippen molar-refractivity contribution >= 4 is 11.6 Å². The van der Waals surface area contributed by atoms with Crippen molar-refractivity contribution in [2.45, 2.75) is 19.1 Å². The number of hydrogen-bond donors (Lipinski definition) is 3. The zero-order valence-corrected chi connectivity index (χ0v) is 12.7. The third kappa shape index (κ3) is 3.21. The van der Waals surface area contributed by atoms with Gasteiger partial charge in [0.1, 0.15) is 5.69 Å². The predicted molar refractivity (Wildman–Crippen MR) is 82.1 cm³/mol. The summed E-state index contributed by atoms with van der Waals surface area (Å²) in [5.74, 6) is -0.274. The smallest absolute Gasteiger partial charge is 0.270 e. The molecule has 3 rings (SSSR count). The van der Waals surface area contributed by atoms with Crippen molar-refractivity contribution in [2.24, 2.45) is 0 Å². The van der Waals surface area contributed by atoms with Crippen LogP contribution in [0.3, 0.4) is 0 Å². The van der Waals surface area contributed by atoms with Gasteiger partial charge in [-0.1, -0.05) is 0 Å². The fourth-order valence-corrected chi connectivity index (χ4v) is 2.84. The number of piperazine rings is 1. The molecule has 1 amide bonds. The fraction of sp³-hybridized carbons (Fsp3) is 0.600. The van der Waals surface area contributed by atoms with E-state index in [4.69, 9.17) is 4.74 Å². The molecule has 1 aromatic rings. The van der Waals surface area contributed by atoms with Crippen molar-refractivity contribution in [1.29, 1.82) is 0 Å². The summed E-state index contributed by atoms with van der Waals surface area (Å²) < 4.78 is 5.13. The molecule has 120 valence electrons. The summed E-state index contributed by atoms with van der Waals surface area (Å²) in [7, 11) is 0. The Morgan fingerprint density at radius 3 is 2.82 bits per heavy atom. The third-order valence-corrected chi connectivity index (χ3v) is 4.12. The highest BCUT2D eigenvalue weighted by Crippen LogP contribution is 2.19. The first-order chi connectivity index (χ1) is 10.6. The maximum Gasteiger partial charge on any atom is 0.270 e. The Kier molecular flexibility index (Phi) is 4.56. The molecule has 2 aliphatic rings. The van der Waals surface area contributed by atoms with Gasteiger partial charge in [0.05, 0.1) is 36.7 Å². The van der Waals surface area contributed by atoms with Gasteiger partial charge in [0, 0.05) is 26.2 Å². The van der Waals surface area contributed by atoms with Gasteiger partial charge in [-0.15, -0.1) is 0 Å². The number of aliphatic hydroxyl groups excluding tert-OH is 1. The minimum atomic E-state index is -0.648. The van der Waals surface area contributed by atoms with Gasteiger partial charge in [-0.2, -0.15) is 0 Å². The molecule has 0 spiro atoms. The molecule has 0 saturated carbocycles. The molecule has 0 aromatic carbocycles. The highest BCUT2D eigenvalue weighted by Gasteiger charge is 2.28. The molecule has 0 radical (unpaired) electrons. The monoisotopic (exact) mass is 306 g/mol. The normalized spacial score (nSPS) is 25.3. The maximum atomic E-state index is 12.2. The van der Waals surface area contributed by atoms with Crippen LogP contribution in [0.5, 0.6) is 0 Å². The number of ether oxygens (including phenoxy) is 1. The first kappa shape index (κ1) is 15.2. The summed E-state index contributed by atoms with van der Waals surface area (Å²) in [5.41, 5.74) is 2.29. The number of nitrogens with zero attached hydrogens (tertiary/aromatic N) is 2. The number of hydrogen-bond acceptors (Lipinski definition) is 6. The maximum absolute atomic E-state index is 12.2. The predicted octanol–water partition coefficient (Wildman–Crippen LogP) is -0.711. The van der Waals surface area contributed by atoms with Crippen molar-refractivity contribution in [3.8, 4) is 0 Å². The van der Waals surface area contributed by atoms with Crippen LogP contribution in [0.1, 0.15) is 16.2 Å². The van der Waals surface area contributed by atoms with E-state index in [1.54, 1.807) is 6.07 Å². The summed E-state index contributed by atoms with van der Waals surface area (Å²) in [5, 5.41) is 15.8. The first-order valence-electron chi connectivity index (χ1n) is 7.65. The van der Waals surface area contributed by atoms with Gasteiger partial charge in [-0.05, 0) is 19.1 Å². The minimum absolute atomic E-state index is 0.263. The molecule has 0 bridgehead atoms. The van der Waals surface area contributed by atoms with Crippen LogP contribution in [0.4, 0.5) is 5.69 Å². The SMILES string of the molecule is Cc1nc(C(=O)N[C@H]2COC[C@@H]2O)ccc1N1CCNCC1. The summed E-state index contributed by atoms with van der Waals surface area (Å²) in [6.45, 7) is 6.33. The molecule has 2 aliphatic heterocycles. The molecule has 2 saturated heterocycles. The van der Waals surface area contributed by atoms with E-state index in [0.717, 1.165) is 37.6 Å². The number of rotatable bonds is 3. The molecule has 3 heterocycles. The fourth-order valence-electron chi connectivity index (χ4n) is 2.84. The van der Waals surface area contributed by atoms with E-state index in [2.05, 4.69) is 20.5 Å². The van der Waals surface area contributed by atoms with Crippen LogP contribution in [-0.4, -0.2) is 67.5 Å². The van der Waals surface area contributed by atoms with Gasteiger partial charge in [0.15, 0.2) is 0 Å². The Morgan fingerprint density at radius 2 is 2.18 bits per heavy atom. The number of aliphatic hydroxyl groups is 1. The van der Waals surface area contributed by atoms with Crippen molar-refractivity contribution in [1.82, 2.24) is 15.6 Å². The topological polar surface area (TPSA) is 86.7 Å². The van der Waals surface area contributed by atoms with Crippen molar-refractivity contribution in [3.05, 3.63) is 23.5 Å². The molecule has 22 heavy (non-hydrogen) atoms. The van der Waals surface area contributed by atoms with E-state index in [1.165, 1.54) is 0 Å². The number of carbonyl (C=O) groups excluding carboxylic acids is 1. The molecule has 3 N–H and O–H groups in total. The van der Waals surface area contributed by atoms with E-state index in [-0.39, 0.29) is 18.6 Å². The lowest BCUT2D eigenvalue weighted by Crippen LogP contribution is -2.44. The summed E-state index contributed by atoms with van der Waals surface area (Å²) in [6.07, 6.45) is -0.648. The Hall–Kier alpha value is -1.70. The number of aromatic nitrogens is 1. The number of anilines is 1. The average molecular weight is 306 g/mol. The van der Waals surface area contributed by atoms with Crippen LogP contribution in [0.15, 0.2) is 12.1 Å². The van der Waals surface area contributed by atoms with Crippen LogP contribution >= 0.6 is 0 Å². The van der Waals surface area contributed by atoms with Gasteiger partial charge >= 0.3 is 0 Å². The zero-order chi connectivity index (χ0) is 15.5. The molecule has 0 unspecified atom stereocenters. The third-order valence-electron chi connectivity index (χ3n) is 4.12. The average Bonchev–Trinajstić information content (AvgIpc) is 2.93. The molecule has 7 heteroatoms. The van der Waals surface area contributed by atoms with Crippen LogP contribution in [0.25, 0.3) is 0 Å². The highest BCUT2D eigenvalue weighted by atomic mass is 16.5. The van der Waals surface area contributed by atoms with E-state index < -0.39 is 6.10 Å². The summed E-state index contributed by atoms with van der Waals surface area (Å²) in [6, 6.07) is 3.33. The molecular weight excluding hydrogens is 284 g/mol. The second-order valence-electron chi connectivity index (χ2n) is 5.72. The highest BCUT2D eigenvalue weighted by molar-refractivity contribution is 5.93. The zero-order valence-electron chi connectivity index (χ0n) is 12.7.